The molecule has 0 aliphatic rings. The highest BCUT2D eigenvalue weighted by Crippen LogP contribution is 2.21. The number of anilines is 1. The van der Waals surface area contributed by atoms with E-state index in [1.807, 2.05) is 0 Å². The largest absolute Gasteiger partial charge is 0.334 e. The van der Waals surface area contributed by atoms with Gasteiger partial charge >= 0.3 is 0 Å². The highest BCUT2D eigenvalue weighted by Gasteiger charge is 2.10. The van der Waals surface area contributed by atoms with Crippen LogP contribution in [0.2, 0.25) is 0 Å². The first kappa shape index (κ1) is 12.6. The lowest BCUT2D eigenvalue weighted by molar-refractivity contribution is 0.425. The van der Waals surface area contributed by atoms with Crippen molar-refractivity contribution in [2.75, 3.05) is 10.5 Å². The van der Waals surface area contributed by atoms with E-state index < -0.39 is 10.0 Å². The third-order valence-corrected chi connectivity index (χ3v) is 3.60. The Morgan fingerprint density at radius 3 is 2.78 bits per heavy atom. The summed E-state index contributed by atoms with van der Waals surface area (Å²) in [7, 11) is -3.28. The number of aryl methyl sites for hydroxylation is 1. The van der Waals surface area contributed by atoms with Crippen molar-refractivity contribution in [3.8, 4) is 11.5 Å². The van der Waals surface area contributed by atoms with Crippen LogP contribution in [0.4, 0.5) is 5.69 Å². The molecule has 0 aliphatic carbocycles. The van der Waals surface area contributed by atoms with Gasteiger partial charge in [0.15, 0.2) is 5.82 Å². The Labute approximate surface area is 105 Å². The van der Waals surface area contributed by atoms with Crippen molar-refractivity contribution < 1.29 is 12.9 Å². The standard InChI is InChI=1S/C11H13N3O3S/c1-3-18(15,16)14-10-6-4-5-9(7-10)11-12-8(2)13-17-11/h4-7,14H,3H2,1-2H3. The monoisotopic (exact) mass is 267 g/mol. The Hall–Kier alpha value is -1.89. The van der Waals surface area contributed by atoms with E-state index in [9.17, 15) is 8.42 Å². The molecule has 1 N–H and O–H groups in total. The second-order valence-corrected chi connectivity index (χ2v) is 5.74. The fourth-order valence-electron chi connectivity index (χ4n) is 1.38. The molecule has 0 bridgehead atoms. The quantitative estimate of drug-likeness (QED) is 0.913. The predicted octanol–water partition coefficient (Wildman–Crippen LogP) is 1.81. The molecule has 0 spiro atoms. The van der Waals surface area contributed by atoms with E-state index in [4.69, 9.17) is 4.52 Å². The number of hydrogen-bond acceptors (Lipinski definition) is 5. The van der Waals surface area contributed by atoms with Gasteiger partial charge in [0.1, 0.15) is 0 Å². The van der Waals surface area contributed by atoms with E-state index in [-0.39, 0.29) is 5.75 Å². The summed E-state index contributed by atoms with van der Waals surface area (Å²) < 4.78 is 30.4. The van der Waals surface area contributed by atoms with Crippen LogP contribution in [-0.4, -0.2) is 24.3 Å². The van der Waals surface area contributed by atoms with Crippen LogP contribution < -0.4 is 4.72 Å². The van der Waals surface area contributed by atoms with Gasteiger partial charge in [-0.2, -0.15) is 4.98 Å². The highest BCUT2D eigenvalue weighted by molar-refractivity contribution is 7.92. The average molecular weight is 267 g/mol. The van der Waals surface area contributed by atoms with Gasteiger partial charge in [-0.25, -0.2) is 8.42 Å². The number of sulfonamides is 1. The van der Waals surface area contributed by atoms with E-state index in [2.05, 4.69) is 14.9 Å². The molecule has 1 aromatic carbocycles. The fourth-order valence-corrected chi connectivity index (χ4v) is 2.01. The number of aromatic nitrogens is 2. The maximum absolute atomic E-state index is 11.5. The van der Waals surface area contributed by atoms with Crippen molar-refractivity contribution in [2.45, 2.75) is 13.8 Å². The Morgan fingerprint density at radius 1 is 1.39 bits per heavy atom. The molecular formula is C11H13N3O3S. The second-order valence-electron chi connectivity index (χ2n) is 3.73. The lowest BCUT2D eigenvalue weighted by Crippen LogP contribution is -2.14. The number of nitrogens with one attached hydrogen (secondary N) is 1. The smallest absolute Gasteiger partial charge is 0.257 e. The topological polar surface area (TPSA) is 85.1 Å². The van der Waals surface area contributed by atoms with Crippen LogP contribution in [0.3, 0.4) is 0 Å². The minimum atomic E-state index is -3.28. The minimum Gasteiger partial charge on any atom is -0.334 e. The molecule has 1 aromatic heterocycles. The summed E-state index contributed by atoms with van der Waals surface area (Å²) in [6, 6.07) is 6.82. The average Bonchev–Trinajstić information content (AvgIpc) is 2.76. The first-order chi connectivity index (χ1) is 8.50. The predicted molar refractivity (Wildman–Crippen MR) is 67.6 cm³/mol. The Morgan fingerprint density at radius 2 is 2.17 bits per heavy atom. The lowest BCUT2D eigenvalue weighted by atomic mass is 10.2. The molecule has 18 heavy (non-hydrogen) atoms. The van der Waals surface area contributed by atoms with Crippen molar-refractivity contribution in [3.63, 3.8) is 0 Å². The molecular weight excluding hydrogens is 254 g/mol. The molecule has 0 radical (unpaired) electrons. The van der Waals surface area contributed by atoms with Gasteiger partial charge in [0.05, 0.1) is 5.75 Å². The molecule has 2 rings (SSSR count). The van der Waals surface area contributed by atoms with Gasteiger partial charge in [0.25, 0.3) is 5.89 Å². The molecule has 0 fully saturated rings. The van der Waals surface area contributed by atoms with Crippen LogP contribution in [0.15, 0.2) is 28.8 Å². The van der Waals surface area contributed by atoms with Crippen molar-refractivity contribution in [2.24, 2.45) is 0 Å². The zero-order valence-electron chi connectivity index (χ0n) is 10.0. The van der Waals surface area contributed by atoms with Crippen molar-refractivity contribution in [1.29, 1.82) is 0 Å². The molecule has 0 saturated carbocycles. The number of hydrogen-bond donors (Lipinski definition) is 1. The minimum absolute atomic E-state index is 0.0247. The Kier molecular flexibility index (Phi) is 3.33. The SMILES string of the molecule is CCS(=O)(=O)Nc1cccc(-c2nc(C)no2)c1. The third-order valence-electron chi connectivity index (χ3n) is 2.29. The van der Waals surface area contributed by atoms with Gasteiger partial charge < -0.3 is 4.52 Å². The summed E-state index contributed by atoms with van der Waals surface area (Å²) in [4.78, 5) is 4.08. The summed E-state index contributed by atoms with van der Waals surface area (Å²) >= 11 is 0. The zero-order chi connectivity index (χ0) is 13.2. The van der Waals surface area contributed by atoms with E-state index in [1.165, 1.54) is 0 Å². The summed E-state index contributed by atoms with van der Waals surface area (Å²) in [5, 5.41) is 3.69. The molecule has 7 heteroatoms. The van der Waals surface area contributed by atoms with Crippen molar-refractivity contribution >= 4 is 15.7 Å². The Balaban J connectivity index is 2.31. The molecule has 0 aliphatic heterocycles. The third kappa shape index (κ3) is 2.86. The van der Waals surface area contributed by atoms with E-state index in [0.717, 1.165) is 0 Å². The van der Waals surface area contributed by atoms with Crippen LogP contribution in [-0.2, 0) is 10.0 Å². The molecule has 6 nitrogen and oxygen atoms in total. The first-order valence-electron chi connectivity index (χ1n) is 5.41. The number of rotatable bonds is 4. The van der Waals surface area contributed by atoms with Gasteiger partial charge in [-0.05, 0) is 32.0 Å². The molecule has 1 heterocycles. The summed E-state index contributed by atoms with van der Waals surface area (Å²) in [6.07, 6.45) is 0. The normalized spacial score (nSPS) is 11.4. The molecule has 96 valence electrons. The van der Waals surface area contributed by atoms with Crippen molar-refractivity contribution in [3.05, 3.63) is 30.1 Å². The van der Waals surface area contributed by atoms with E-state index in [1.54, 1.807) is 38.1 Å². The highest BCUT2D eigenvalue weighted by atomic mass is 32.2. The molecule has 0 saturated heterocycles. The van der Waals surface area contributed by atoms with Gasteiger partial charge in [0, 0.05) is 11.3 Å². The summed E-state index contributed by atoms with van der Waals surface area (Å²) in [6.45, 7) is 3.30. The van der Waals surface area contributed by atoms with Crippen LogP contribution >= 0.6 is 0 Å². The van der Waals surface area contributed by atoms with Gasteiger partial charge in [-0.15, -0.1) is 0 Å². The van der Waals surface area contributed by atoms with Crippen molar-refractivity contribution in [1.82, 2.24) is 10.1 Å². The Bertz CT molecular complexity index is 649. The number of nitrogens with zero attached hydrogens (tertiary/aromatic N) is 2. The molecule has 2 aromatic rings. The maximum Gasteiger partial charge on any atom is 0.257 e. The fraction of sp³-hybridized carbons (Fsp3) is 0.273. The van der Waals surface area contributed by atoms with Crippen LogP contribution in [0.5, 0.6) is 0 Å². The second kappa shape index (κ2) is 4.77. The van der Waals surface area contributed by atoms with E-state index >= 15 is 0 Å². The maximum atomic E-state index is 11.5. The first-order valence-corrected chi connectivity index (χ1v) is 7.06. The van der Waals surface area contributed by atoms with Crippen LogP contribution in [0, 0.1) is 6.92 Å². The van der Waals surface area contributed by atoms with E-state index in [0.29, 0.717) is 23.0 Å². The van der Waals surface area contributed by atoms with Gasteiger partial charge in [-0.1, -0.05) is 11.2 Å². The van der Waals surface area contributed by atoms with Gasteiger partial charge in [-0.3, -0.25) is 4.72 Å². The lowest BCUT2D eigenvalue weighted by Gasteiger charge is -2.06. The summed E-state index contributed by atoms with van der Waals surface area (Å²) in [5.74, 6) is 0.922. The summed E-state index contributed by atoms with van der Waals surface area (Å²) in [5.41, 5.74) is 1.15. The van der Waals surface area contributed by atoms with Crippen LogP contribution in [0.1, 0.15) is 12.7 Å². The number of benzene rings is 1. The zero-order valence-corrected chi connectivity index (χ0v) is 10.9. The molecule has 0 atom stereocenters. The van der Waals surface area contributed by atoms with Gasteiger partial charge in [0.2, 0.25) is 10.0 Å². The molecule has 0 amide bonds. The molecule has 0 unspecified atom stereocenters. The van der Waals surface area contributed by atoms with Crippen LogP contribution in [0.25, 0.3) is 11.5 Å².